The average molecular weight is 413 g/mol. The van der Waals surface area contributed by atoms with Gasteiger partial charge in [-0.1, -0.05) is 6.07 Å². The third-order valence-corrected chi connectivity index (χ3v) is 4.40. The molecule has 1 unspecified atom stereocenters. The number of nitrogens with one attached hydrogen (secondary N) is 1. The summed E-state index contributed by atoms with van der Waals surface area (Å²) in [5, 5.41) is 21.8. The molecule has 1 heterocycles. The van der Waals surface area contributed by atoms with Crippen molar-refractivity contribution >= 4 is 23.4 Å². The molecule has 0 aliphatic carbocycles. The Morgan fingerprint density at radius 2 is 1.77 bits per heavy atom. The van der Waals surface area contributed by atoms with Gasteiger partial charge in [0.1, 0.15) is 23.0 Å². The number of aromatic nitrogens is 1. The van der Waals surface area contributed by atoms with Crippen molar-refractivity contribution in [2.75, 3.05) is 11.1 Å². The number of rotatable bonds is 5. The van der Waals surface area contributed by atoms with Crippen molar-refractivity contribution in [1.29, 1.82) is 0 Å². The van der Waals surface area contributed by atoms with Gasteiger partial charge in [0.05, 0.1) is 0 Å². The number of carboxylic acids is 1. The Labute approximate surface area is 169 Å². The van der Waals surface area contributed by atoms with Crippen molar-refractivity contribution in [3.63, 3.8) is 0 Å². The van der Waals surface area contributed by atoms with Crippen LogP contribution < -0.4 is 11.1 Å². The molecule has 9 heteroatoms. The van der Waals surface area contributed by atoms with E-state index in [1.54, 1.807) is 19.1 Å². The molecule has 3 aromatic rings. The van der Waals surface area contributed by atoms with Crippen LogP contribution in [0.15, 0.2) is 48.7 Å². The first-order valence-electron chi connectivity index (χ1n) is 8.70. The number of pyridine rings is 1. The molecular weight excluding hydrogens is 396 g/mol. The van der Waals surface area contributed by atoms with Crippen LogP contribution >= 0.6 is 0 Å². The maximum absolute atomic E-state index is 13.3. The zero-order valence-corrected chi connectivity index (χ0v) is 15.7. The number of amides is 1. The van der Waals surface area contributed by atoms with Crippen LogP contribution in [0.25, 0.3) is 11.1 Å². The Bertz CT molecular complexity index is 1130. The molecule has 0 spiro atoms. The number of hydrogen-bond acceptors (Lipinski definition) is 5. The lowest BCUT2D eigenvalue weighted by Gasteiger charge is -2.14. The van der Waals surface area contributed by atoms with Crippen LogP contribution in [0, 0.1) is 18.6 Å². The Balaban J connectivity index is 1.82. The fraction of sp³-hybridized carbons (Fsp3) is 0.0952. The summed E-state index contributed by atoms with van der Waals surface area (Å²) in [6, 6.07) is 8.55. The first kappa shape index (κ1) is 20.9. The van der Waals surface area contributed by atoms with Crippen LogP contribution in [-0.4, -0.2) is 27.1 Å². The summed E-state index contributed by atoms with van der Waals surface area (Å²) < 4.78 is 26.6. The van der Waals surface area contributed by atoms with Gasteiger partial charge < -0.3 is 21.3 Å². The standard InChI is InChI=1S/C21H17F2N3O4/c1-10-4-15(26-20(28)18(27)11-5-13(22)8-14(23)6-11)2-3-16(10)12-7-17(21(29)30)19(24)25-9-12/h2-9,18,27H,1H3,(H2,24,25)(H,26,28)(H,29,30). The molecule has 0 saturated heterocycles. The van der Waals surface area contributed by atoms with Crippen molar-refractivity contribution in [3.8, 4) is 11.1 Å². The van der Waals surface area contributed by atoms with Gasteiger partial charge in [0, 0.05) is 23.5 Å². The molecule has 154 valence electrons. The number of nitrogens with two attached hydrogens (primary N) is 1. The highest BCUT2D eigenvalue weighted by Crippen LogP contribution is 2.28. The first-order valence-corrected chi connectivity index (χ1v) is 8.70. The fourth-order valence-corrected chi connectivity index (χ4v) is 2.95. The van der Waals surface area contributed by atoms with Gasteiger partial charge in [-0.25, -0.2) is 18.6 Å². The lowest BCUT2D eigenvalue weighted by molar-refractivity contribution is -0.124. The molecule has 0 radical (unpaired) electrons. The van der Waals surface area contributed by atoms with Crippen molar-refractivity contribution in [1.82, 2.24) is 4.98 Å². The summed E-state index contributed by atoms with van der Waals surface area (Å²) in [5.41, 5.74) is 7.42. The summed E-state index contributed by atoms with van der Waals surface area (Å²) in [4.78, 5) is 27.4. The number of aromatic carboxylic acids is 1. The highest BCUT2D eigenvalue weighted by molar-refractivity contribution is 5.96. The number of nitrogen functional groups attached to an aromatic ring is 1. The van der Waals surface area contributed by atoms with E-state index in [9.17, 15) is 28.6 Å². The molecule has 5 N–H and O–H groups in total. The number of aliphatic hydroxyl groups excluding tert-OH is 1. The summed E-state index contributed by atoms with van der Waals surface area (Å²) >= 11 is 0. The highest BCUT2D eigenvalue weighted by Gasteiger charge is 2.20. The van der Waals surface area contributed by atoms with E-state index in [-0.39, 0.29) is 16.9 Å². The third kappa shape index (κ3) is 4.41. The van der Waals surface area contributed by atoms with Crippen LogP contribution in [0.3, 0.4) is 0 Å². The van der Waals surface area contributed by atoms with Crippen molar-refractivity contribution in [2.45, 2.75) is 13.0 Å². The molecule has 3 rings (SSSR count). The zero-order chi connectivity index (χ0) is 22.0. The van der Waals surface area contributed by atoms with Crippen molar-refractivity contribution in [2.24, 2.45) is 0 Å². The Morgan fingerprint density at radius 1 is 1.10 bits per heavy atom. The summed E-state index contributed by atoms with van der Waals surface area (Å²) in [6.45, 7) is 1.74. The zero-order valence-electron chi connectivity index (χ0n) is 15.7. The first-order chi connectivity index (χ1) is 14.2. The summed E-state index contributed by atoms with van der Waals surface area (Å²) in [6.07, 6.45) is -0.334. The predicted octanol–water partition coefficient (Wildman–Crippen LogP) is 3.29. The van der Waals surface area contributed by atoms with Gasteiger partial charge in [-0.2, -0.15) is 0 Å². The molecule has 0 aliphatic heterocycles. The number of carbonyl (C=O) groups is 2. The van der Waals surface area contributed by atoms with Gasteiger partial charge in [-0.15, -0.1) is 0 Å². The summed E-state index contributed by atoms with van der Waals surface area (Å²) in [7, 11) is 0. The molecule has 0 bridgehead atoms. The second-order valence-corrected chi connectivity index (χ2v) is 6.59. The second-order valence-electron chi connectivity index (χ2n) is 6.59. The van der Waals surface area contributed by atoms with Crippen LogP contribution in [-0.2, 0) is 4.79 Å². The topological polar surface area (TPSA) is 126 Å². The number of nitrogens with zero attached hydrogens (tertiary/aromatic N) is 1. The number of carbonyl (C=O) groups excluding carboxylic acids is 1. The monoisotopic (exact) mass is 413 g/mol. The maximum Gasteiger partial charge on any atom is 0.339 e. The number of aryl methyl sites for hydroxylation is 1. The fourth-order valence-electron chi connectivity index (χ4n) is 2.95. The smallest absolute Gasteiger partial charge is 0.339 e. The van der Waals surface area contributed by atoms with Gasteiger partial charge >= 0.3 is 5.97 Å². The number of carboxylic acid groups (broad SMARTS) is 1. The van der Waals surface area contributed by atoms with Gasteiger partial charge in [0.15, 0.2) is 6.10 Å². The Hall–Kier alpha value is -3.85. The summed E-state index contributed by atoms with van der Waals surface area (Å²) in [5.74, 6) is -3.99. The molecule has 0 aliphatic rings. The van der Waals surface area contributed by atoms with E-state index in [0.717, 1.165) is 12.1 Å². The minimum Gasteiger partial charge on any atom is -0.478 e. The number of anilines is 2. The van der Waals surface area contributed by atoms with Gasteiger partial charge in [-0.05, 0) is 53.9 Å². The quantitative estimate of drug-likeness (QED) is 0.509. The lowest BCUT2D eigenvalue weighted by Crippen LogP contribution is -2.21. The largest absolute Gasteiger partial charge is 0.478 e. The minimum atomic E-state index is -1.77. The van der Waals surface area contributed by atoms with Gasteiger partial charge in [-0.3, -0.25) is 4.79 Å². The second kappa shape index (κ2) is 8.26. The third-order valence-electron chi connectivity index (χ3n) is 4.40. The molecule has 0 saturated carbocycles. The lowest BCUT2D eigenvalue weighted by atomic mass is 10.00. The Morgan fingerprint density at radius 3 is 2.37 bits per heavy atom. The van der Waals surface area contributed by atoms with E-state index in [1.165, 1.54) is 18.3 Å². The van der Waals surface area contributed by atoms with Crippen molar-refractivity contribution in [3.05, 3.63) is 77.0 Å². The number of halogens is 2. The molecular formula is C21H17F2N3O4. The van der Waals surface area contributed by atoms with Gasteiger partial charge in [0.2, 0.25) is 0 Å². The van der Waals surface area contributed by atoms with E-state index in [1.807, 2.05) is 0 Å². The molecule has 30 heavy (non-hydrogen) atoms. The average Bonchev–Trinajstić information content (AvgIpc) is 2.67. The van der Waals surface area contributed by atoms with E-state index in [4.69, 9.17) is 5.73 Å². The Kier molecular flexibility index (Phi) is 5.74. The van der Waals surface area contributed by atoms with Crippen LogP contribution in [0.5, 0.6) is 0 Å². The SMILES string of the molecule is Cc1cc(NC(=O)C(O)c2cc(F)cc(F)c2)ccc1-c1cnc(N)c(C(=O)O)c1. The maximum atomic E-state index is 13.3. The molecule has 1 atom stereocenters. The van der Waals surface area contributed by atoms with Crippen molar-refractivity contribution < 1.29 is 28.6 Å². The van der Waals surface area contributed by atoms with Gasteiger partial charge in [0.25, 0.3) is 5.91 Å². The van der Waals surface area contributed by atoms with Crippen LogP contribution in [0.1, 0.15) is 27.6 Å². The molecule has 1 amide bonds. The minimum absolute atomic E-state index is 0.101. The van der Waals surface area contributed by atoms with E-state index in [2.05, 4.69) is 10.3 Å². The van der Waals surface area contributed by atoms with E-state index in [0.29, 0.717) is 28.4 Å². The predicted molar refractivity (Wildman–Crippen MR) is 106 cm³/mol. The number of hydrogen-bond donors (Lipinski definition) is 4. The van der Waals surface area contributed by atoms with E-state index < -0.39 is 29.6 Å². The van der Waals surface area contributed by atoms with Crippen LogP contribution in [0.4, 0.5) is 20.3 Å². The number of aliphatic hydroxyl groups is 1. The van der Waals surface area contributed by atoms with E-state index >= 15 is 0 Å². The highest BCUT2D eigenvalue weighted by atomic mass is 19.1. The molecule has 0 fully saturated rings. The number of benzene rings is 2. The molecule has 2 aromatic carbocycles. The normalized spacial score (nSPS) is 11.7. The molecule has 7 nitrogen and oxygen atoms in total. The molecule has 1 aromatic heterocycles. The van der Waals surface area contributed by atoms with Crippen LogP contribution in [0.2, 0.25) is 0 Å².